The van der Waals surface area contributed by atoms with Crippen LogP contribution >= 0.6 is 24.0 Å². The molecule has 0 saturated carbocycles. The number of nitrogens with one attached hydrogen (secondary N) is 2. The molecule has 0 aliphatic heterocycles. The Balaban J connectivity index is 0. The number of hydrogen-bond donors (Lipinski definition) is 2. The summed E-state index contributed by atoms with van der Waals surface area (Å²) in [6.07, 6.45) is 3.56. The smallest absolute Gasteiger partial charge is 0.191 e. The van der Waals surface area contributed by atoms with E-state index in [1.165, 1.54) is 12.8 Å². The van der Waals surface area contributed by atoms with Gasteiger partial charge in [0.25, 0.3) is 0 Å². The van der Waals surface area contributed by atoms with Crippen LogP contribution in [0.4, 0.5) is 0 Å². The minimum Gasteiger partial charge on any atom is -0.357 e. The van der Waals surface area contributed by atoms with Gasteiger partial charge in [-0.05, 0) is 39.0 Å². The molecule has 0 aromatic heterocycles. The van der Waals surface area contributed by atoms with Gasteiger partial charge >= 0.3 is 0 Å². The standard InChI is InChI=1S/C13H29N3.HI/c1-6-10-15-13(14-7-2)16-12(5)9-8-11(3)4;/h11-12H,6-10H2,1-5H3,(H2,14,15,16);1H. The van der Waals surface area contributed by atoms with Crippen LogP contribution in [0, 0.1) is 5.92 Å². The van der Waals surface area contributed by atoms with E-state index in [-0.39, 0.29) is 24.0 Å². The lowest BCUT2D eigenvalue weighted by Crippen LogP contribution is -2.42. The third-order valence-corrected chi connectivity index (χ3v) is 2.40. The molecule has 0 saturated heterocycles. The monoisotopic (exact) mass is 355 g/mol. The molecule has 0 rings (SSSR count). The van der Waals surface area contributed by atoms with Gasteiger partial charge in [0, 0.05) is 19.1 Å². The normalized spacial score (nSPS) is 13.2. The van der Waals surface area contributed by atoms with Crippen molar-refractivity contribution in [3.8, 4) is 0 Å². The van der Waals surface area contributed by atoms with Gasteiger partial charge in [-0.3, -0.25) is 4.99 Å². The summed E-state index contributed by atoms with van der Waals surface area (Å²) in [5.41, 5.74) is 0. The lowest BCUT2D eigenvalue weighted by Gasteiger charge is -2.18. The second-order valence-corrected chi connectivity index (χ2v) is 4.78. The molecule has 0 aliphatic carbocycles. The first-order valence-corrected chi connectivity index (χ1v) is 6.64. The Labute approximate surface area is 124 Å². The Morgan fingerprint density at radius 2 is 1.76 bits per heavy atom. The number of guanidine groups is 1. The van der Waals surface area contributed by atoms with E-state index in [1.807, 2.05) is 0 Å². The SMILES string of the molecule is CCCN=C(NCC)NC(C)CCC(C)C.I. The topological polar surface area (TPSA) is 36.4 Å². The largest absolute Gasteiger partial charge is 0.357 e. The number of aliphatic imine (C=N–C) groups is 1. The second-order valence-electron chi connectivity index (χ2n) is 4.78. The van der Waals surface area contributed by atoms with Crippen molar-refractivity contribution >= 4 is 29.9 Å². The van der Waals surface area contributed by atoms with Crippen LogP contribution in [0.5, 0.6) is 0 Å². The van der Waals surface area contributed by atoms with Gasteiger partial charge in [0.15, 0.2) is 5.96 Å². The molecule has 0 radical (unpaired) electrons. The average molecular weight is 355 g/mol. The Hall–Kier alpha value is 0. The molecule has 0 bridgehead atoms. The van der Waals surface area contributed by atoms with Crippen molar-refractivity contribution in [2.75, 3.05) is 13.1 Å². The maximum absolute atomic E-state index is 4.49. The van der Waals surface area contributed by atoms with Crippen molar-refractivity contribution in [3.63, 3.8) is 0 Å². The van der Waals surface area contributed by atoms with E-state index in [1.54, 1.807) is 0 Å². The number of halogens is 1. The van der Waals surface area contributed by atoms with Crippen molar-refractivity contribution in [1.29, 1.82) is 0 Å². The van der Waals surface area contributed by atoms with E-state index in [0.29, 0.717) is 6.04 Å². The highest BCUT2D eigenvalue weighted by atomic mass is 127. The van der Waals surface area contributed by atoms with Crippen LogP contribution in [0.15, 0.2) is 4.99 Å². The maximum atomic E-state index is 4.49. The second kappa shape index (κ2) is 12.5. The molecule has 0 fully saturated rings. The highest BCUT2D eigenvalue weighted by Crippen LogP contribution is 2.06. The third-order valence-electron chi connectivity index (χ3n) is 2.40. The van der Waals surface area contributed by atoms with E-state index in [2.05, 4.69) is 50.2 Å². The van der Waals surface area contributed by atoms with Gasteiger partial charge in [-0.1, -0.05) is 20.8 Å². The van der Waals surface area contributed by atoms with Gasteiger partial charge < -0.3 is 10.6 Å². The summed E-state index contributed by atoms with van der Waals surface area (Å²) in [6, 6.07) is 0.497. The van der Waals surface area contributed by atoms with Crippen LogP contribution in [0.25, 0.3) is 0 Å². The van der Waals surface area contributed by atoms with Gasteiger partial charge in [-0.25, -0.2) is 0 Å². The Kier molecular flexibility index (Phi) is 14.2. The number of rotatable bonds is 7. The molecule has 17 heavy (non-hydrogen) atoms. The molecule has 0 spiro atoms. The maximum Gasteiger partial charge on any atom is 0.191 e. The summed E-state index contributed by atoms with van der Waals surface area (Å²) < 4.78 is 0. The van der Waals surface area contributed by atoms with E-state index in [0.717, 1.165) is 31.4 Å². The fourth-order valence-corrected chi connectivity index (χ4v) is 1.43. The predicted octanol–water partition coefficient (Wildman–Crippen LogP) is 3.39. The average Bonchev–Trinajstić information content (AvgIpc) is 2.23. The van der Waals surface area contributed by atoms with Crippen LogP contribution in [-0.2, 0) is 0 Å². The summed E-state index contributed by atoms with van der Waals surface area (Å²) >= 11 is 0. The summed E-state index contributed by atoms with van der Waals surface area (Å²) in [6.45, 7) is 12.8. The summed E-state index contributed by atoms with van der Waals surface area (Å²) in [4.78, 5) is 4.49. The fourth-order valence-electron chi connectivity index (χ4n) is 1.43. The molecular weight excluding hydrogens is 325 g/mol. The molecule has 104 valence electrons. The first-order chi connectivity index (χ1) is 7.60. The van der Waals surface area contributed by atoms with Gasteiger partial charge in [-0.15, -0.1) is 24.0 Å². The molecule has 0 aromatic rings. The van der Waals surface area contributed by atoms with Crippen molar-refractivity contribution in [2.45, 2.75) is 59.9 Å². The molecule has 0 aliphatic rings. The zero-order chi connectivity index (χ0) is 12.4. The van der Waals surface area contributed by atoms with E-state index in [9.17, 15) is 0 Å². The zero-order valence-electron chi connectivity index (χ0n) is 12.0. The highest BCUT2D eigenvalue weighted by molar-refractivity contribution is 14.0. The lowest BCUT2D eigenvalue weighted by molar-refractivity contribution is 0.489. The quantitative estimate of drug-likeness (QED) is 0.417. The molecule has 3 nitrogen and oxygen atoms in total. The highest BCUT2D eigenvalue weighted by Gasteiger charge is 2.05. The Morgan fingerprint density at radius 3 is 2.24 bits per heavy atom. The van der Waals surface area contributed by atoms with Crippen molar-refractivity contribution in [1.82, 2.24) is 10.6 Å². The lowest BCUT2D eigenvalue weighted by atomic mass is 10.0. The molecule has 1 atom stereocenters. The summed E-state index contributed by atoms with van der Waals surface area (Å²) in [5, 5.41) is 6.72. The van der Waals surface area contributed by atoms with Crippen molar-refractivity contribution in [3.05, 3.63) is 0 Å². The van der Waals surface area contributed by atoms with Crippen LogP contribution in [0.3, 0.4) is 0 Å². The number of hydrogen-bond acceptors (Lipinski definition) is 1. The summed E-state index contributed by atoms with van der Waals surface area (Å²) in [5.74, 6) is 1.74. The Bertz CT molecular complexity index is 193. The molecule has 1 unspecified atom stereocenters. The van der Waals surface area contributed by atoms with E-state index in [4.69, 9.17) is 0 Å². The fraction of sp³-hybridized carbons (Fsp3) is 0.923. The van der Waals surface area contributed by atoms with Gasteiger partial charge in [0.2, 0.25) is 0 Å². The molecular formula is C13H30IN3. The minimum atomic E-state index is 0. The van der Waals surface area contributed by atoms with Crippen molar-refractivity contribution in [2.24, 2.45) is 10.9 Å². The molecule has 0 amide bonds. The third kappa shape index (κ3) is 12.2. The van der Waals surface area contributed by atoms with E-state index < -0.39 is 0 Å². The zero-order valence-corrected chi connectivity index (χ0v) is 14.4. The Morgan fingerprint density at radius 1 is 1.12 bits per heavy atom. The molecule has 4 heteroatoms. The first-order valence-electron chi connectivity index (χ1n) is 6.64. The first kappa shape index (κ1) is 19.3. The van der Waals surface area contributed by atoms with Gasteiger partial charge in [-0.2, -0.15) is 0 Å². The minimum absolute atomic E-state index is 0. The van der Waals surface area contributed by atoms with Gasteiger partial charge in [0.1, 0.15) is 0 Å². The molecule has 2 N–H and O–H groups in total. The predicted molar refractivity (Wildman–Crippen MR) is 88.4 cm³/mol. The van der Waals surface area contributed by atoms with Crippen molar-refractivity contribution < 1.29 is 0 Å². The van der Waals surface area contributed by atoms with Crippen LogP contribution in [-0.4, -0.2) is 25.1 Å². The molecule has 0 aromatic carbocycles. The van der Waals surface area contributed by atoms with Crippen LogP contribution in [0.1, 0.15) is 53.9 Å². The van der Waals surface area contributed by atoms with Gasteiger partial charge in [0.05, 0.1) is 0 Å². The van der Waals surface area contributed by atoms with Crippen LogP contribution < -0.4 is 10.6 Å². The van der Waals surface area contributed by atoms with E-state index >= 15 is 0 Å². The van der Waals surface area contributed by atoms with Crippen LogP contribution in [0.2, 0.25) is 0 Å². The molecule has 0 heterocycles. The number of nitrogens with zero attached hydrogens (tertiary/aromatic N) is 1. The summed E-state index contributed by atoms with van der Waals surface area (Å²) in [7, 11) is 0.